The first kappa shape index (κ1) is 17.8. The highest BCUT2D eigenvalue weighted by molar-refractivity contribution is 8.00. The lowest BCUT2D eigenvalue weighted by molar-refractivity contribution is -0.119. The third-order valence-electron chi connectivity index (χ3n) is 4.00. The molecule has 0 radical (unpaired) electrons. The van der Waals surface area contributed by atoms with Crippen LogP contribution in [0.5, 0.6) is 0 Å². The van der Waals surface area contributed by atoms with Crippen LogP contribution in [-0.2, 0) is 9.53 Å². The second-order valence-electron chi connectivity index (χ2n) is 6.45. The van der Waals surface area contributed by atoms with Crippen molar-refractivity contribution in [3.8, 4) is 0 Å². The van der Waals surface area contributed by atoms with E-state index in [-0.39, 0.29) is 11.4 Å². The quantitative estimate of drug-likeness (QED) is 0.781. The van der Waals surface area contributed by atoms with Crippen molar-refractivity contribution in [2.45, 2.75) is 45.4 Å². The summed E-state index contributed by atoms with van der Waals surface area (Å²) in [5.74, 6) is 1.31. The summed E-state index contributed by atoms with van der Waals surface area (Å²) in [6.07, 6.45) is 0. The Labute approximate surface area is 128 Å². The fraction of sp³-hybridized carbons (Fsp3) is 0.933. The highest BCUT2D eigenvalue weighted by Crippen LogP contribution is 2.18. The number of rotatable bonds is 7. The lowest BCUT2D eigenvalue weighted by Crippen LogP contribution is -2.55. The van der Waals surface area contributed by atoms with Crippen LogP contribution in [0.25, 0.3) is 0 Å². The van der Waals surface area contributed by atoms with Gasteiger partial charge in [0.15, 0.2) is 0 Å². The van der Waals surface area contributed by atoms with Crippen molar-refractivity contribution in [1.82, 2.24) is 10.2 Å². The Kier molecular flexibility index (Phi) is 7.34. The lowest BCUT2D eigenvalue weighted by Gasteiger charge is -2.40. The zero-order valence-electron chi connectivity index (χ0n) is 13.6. The summed E-state index contributed by atoms with van der Waals surface area (Å²) in [4.78, 5) is 14.3. The maximum absolute atomic E-state index is 11.9. The molecule has 1 atom stereocenters. The van der Waals surface area contributed by atoms with E-state index in [1.165, 1.54) is 0 Å². The molecule has 1 unspecified atom stereocenters. The highest BCUT2D eigenvalue weighted by atomic mass is 32.2. The van der Waals surface area contributed by atoms with Gasteiger partial charge in [0.1, 0.15) is 0 Å². The number of nitrogens with zero attached hydrogens (tertiary/aromatic N) is 1. The molecule has 0 spiro atoms. The Hall–Kier alpha value is -0.260. The molecule has 118 valence electrons. The highest BCUT2D eigenvalue weighted by Gasteiger charge is 2.28. The molecule has 1 aliphatic rings. The molecule has 1 heterocycles. The number of hydrogen-bond donors (Lipinski definition) is 1. The van der Waals surface area contributed by atoms with Gasteiger partial charge in [-0.2, -0.15) is 0 Å². The zero-order valence-corrected chi connectivity index (χ0v) is 14.4. The predicted octanol–water partition coefficient (Wildman–Crippen LogP) is 1.99. The van der Waals surface area contributed by atoms with Crippen molar-refractivity contribution >= 4 is 17.7 Å². The van der Waals surface area contributed by atoms with Crippen LogP contribution in [0.1, 0.15) is 34.6 Å². The number of thioether (sulfide) groups is 1. The van der Waals surface area contributed by atoms with Crippen LogP contribution in [0.2, 0.25) is 0 Å². The Morgan fingerprint density at radius 1 is 1.30 bits per heavy atom. The first-order valence-electron chi connectivity index (χ1n) is 7.54. The van der Waals surface area contributed by atoms with Gasteiger partial charge < -0.3 is 10.1 Å². The number of carbonyl (C=O) groups excluding carboxylic acids is 1. The second-order valence-corrected chi connectivity index (χ2v) is 7.81. The molecule has 1 aliphatic heterocycles. The normalized spacial score (nSPS) is 19.1. The van der Waals surface area contributed by atoms with E-state index in [4.69, 9.17) is 4.74 Å². The van der Waals surface area contributed by atoms with E-state index in [9.17, 15) is 4.79 Å². The molecule has 1 saturated heterocycles. The third kappa shape index (κ3) is 6.02. The second kappa shape index (κ2) is 8.25. The van der Waals surface area contributed by atoms with E-state index in [0.29, 0.717) is 23.5 Å². The Morgan fingerprint density at radius 2 is 1.90 bits per heavy atom. The van der Waals surface area contributed by atoms with Gasteiger partial charge in [-0.15, -0.1) is 11.8 Å². The van der Waals surface area contributed by atoms with Gasteiger partial charge in [0.25, 0.3) is 0 Å². The summed E-state index contributed by atoms with van der Waals surface area (Å²) in [5, 5.41) is 3.59. The number of ether oxygens (including phenoxy) is 1. The molecule has 1 N–H and O–H groups in total. The van der Waals surface area contributed by atoms with Crippen molar-refractivity contribution < 1.29 is 9.53 Å². The van der Waals surface area contributed by atoms with Gasteiger partial charge in [-0.3, -0.25) is 9.69 Å². The van der Waals surface area contributed by atoms with Crippen molar-refractivity contribution in [2.75, 3.05) is 38.6 Å². The van der Waals surface area contributed by atoms with Crippen LogP contribution in [0.4, 0.5) is 0 Å². The van der Waals surface area contributed by atoms with Crippen LogP contribution < -0.4 is 5.32 Å². The third-order valence-corrected chi connectivity index (χ3v) is 5.50. The zero-order chi connectivity index (χ0) is 15.2. The van der Waals surface area contributed by atoms with Crippen LogP contribution in [0.15, 0.2) is 0 Å². The maximum atomic E-state index is 11.9. The smallest absolute Gasteiger partial charge is 0.230 e. The summed E-state index contributed by atoms with van der Waals surface area (Å²) in [7, 11) is 0. The summed E-state index contributed by atoms with van der Waals surface area (Å²) in [5.41, 5.74) is -0.00618. The number of carbonyl (C=O) groups is 1. The van der Waals surface area contributed by atoms with E-state index in [1.807, 2.05) is 0 Å². The van der Waals surface area contributed by atoms with Gasteiger partial charge in [-0.1, -0.05) is 20.8 Å². The molecule has 0 saturated carbocycles. The SMILES string of the molecule is CC(C)C(C)SCC(=O)NCC(C)(C)N1CCOCC1. The van der Waals surface area contributed by atoms with Crippen LogP contribution in [-0.4, -0.2) is 60.2 Å². The first-order valence-corrected chi connectivity index (χ1v) is 8.59. The molecular weight excluding hydrogens is 272 g/mol. The molecule has 0 aromatic heterocycles. The van der Waals surface area contributed by atoms with Gasteiger partial charge in [0.05, 0.1) is 19.0 Å². The number of hydrogen-bond acceptors (Lipinski definition) is 4. The first-order chi connectivity index (χ1) is 9.33. The van der Waals surface area contributed by atoms with Crippen LogP contribution in [0.3, 0.4) is 0 Å². The van der Waals surface area contributed by atoms with E-state index >= 15 is 0 Å². The summed E-state index contributed by atoms with van der Waals surface area (Å²) in [6, 6.07) is 0. The fourth-order valence-corrected chi connectivity index (χ4v) is 2.95. The van der Waals surface area contributed by atoms with Gasteiger partial charge in [-0.05, 0) is 19.8 Å². The average molecular weight is 302 g/mol. The van der Waals surface area contributed by atoms with Crippen LogP contribution >= 0.6 is 11.8 Å². The molecular formula is C15H30N2O2S. The van der Waals surface area contributed by atoms with Crippen molar-refractivity contribution in [2.24, 2.45) is 5.92 Å². The topological polar surface area (TPSA) is 41.6 Å². The Balaban J connectivity index is 2.28. The van der Waals surface area contributed by atoms with Crippen LogP contribution in [0, 0.1) is 5.92 Å². The standard InChI is InChI=1S/C15H30N2O2S/c1-12(2)13(3)20-10-14(18)16-11-15(4,5)17-6-8-19-9-7-17/h12-13H,6-11H2,1-5H3,(H,16,18). The minimum absolute atomic E-state index is 0.00618. The molecule has 4 nitrogen and oxygen atoms in total. The molecule has 1 rings (SSSR count). The average Bonchev–Trinajstić information content (AvgIpc) is 2.43. The summed E-state index contributed by atoms with van der Waals surface area (Å²) >= 11 is 1.73. The van der Waals surface area contributed by atoms with Gasteiger partial charge in [0, 0.05) is 30.4 Å². The van der Waals surface area contributed by atoms with E-state index in [0.717, 1.165) is 26.3 Å². The Bertz CT molecular complexity index is 302. The minimum atomic E-state index is -0.00618. The maximum Gasteiger partial charge on any atom is 0.230 e. The molecule has 20 heavy (non-hydrogen) atoms. The molecule has 0 aromatic carbocycles. The molecule has 0 aromatic rings. The number of nitrogens with one attached hydrogen (secondary N) is 1. The fourth-order valence-electron chi connectivity index (χ4n) is 2.05. The lowest BCUT2D eigenvalue weighted by atomic mass is 10.0. The van der Waals surface area contributed by atoms with Gasteiger partial charge >= 0.3 is 0 Å². The summed E-state index contributed by atoms with van der Waals surface area (Å²) in [6.45, 7) is 15.1. The van der Waals surface area contributed by atoms with Gasteiger partial charge in [-0.25, -0.2) is 0 Å². The van der Waals surface area contributed by atoms with E-state index in [2.05, 4.69) is 44.8 Å². The largest absolute Gasteiger partial charge is 0.379 e. The van der Waals surface area contributed by atoms with E-state index < -0.39 is 0 Å². The van der Waals surface area contributed by atoms with Crippen molar-refractivity contribution in [3.63, 3.8) is 0 Å². The number of morpholine rings is 1. The number of amides is 1. The molecule has 0 bridgehead atoms. The molecule has 1 amide bonds. The van der Waals surface area contributed by atoms with Crippen molar-refractivity contribution in [1.29, 1.82) is 0 Å². The predicted molar refractivity (Wildman–Crippen MR) is 86.2 cm³/mol. The summed E-state index contributed by atoms with van der Waals surface area (Å²) < 4.78 is 5.38. The van der Waals surface area contributed by atoms with E-state index in [1.54, 1.807) is 11.8 Å². The molecule has 5 heteroatoms. The molecule has 1 fully saturated rings. The van der Waals surface area contributed by atoms with Crippen molar-refractivity contribution in [3.05, 3.63) is 0 Å². The van der Waals surface area contributed by atoms with Gasteiger partial charge in [0.2, 0.25) is 5.91 Å². The monoisotopic (exact) mass is 302 g/mol. The Morgan fingerprint density at radius 3 is 2.45 bits per heavy atom. The molecule has 0 aliphatic carbocycles. The minimum Gasteiger partial charge on any atom is -0.379 e.